The van der Waals surface area contributed by atoms with Crippen molar-refractivity contribution in [1.82, 2.24) is 9.88 Å². The van der Waals surface area contributed by atoms with E-state index in [4.69, 9.17) is 4.42 Å². The monoisotopic (exact) mass is 356 g/mol. The minimum Gasteiger partial charge on any atom is -0.446 e. The number of hydrogen-bond acceptors (Lipinski definition) is 4. The van der Waals surface area contributed by atoms with Gasteiger partial charge < -0.3 is 14.4 Å². The number of aliphatic hydroxyl groups is 1. The van der Waals surface area contributed by atoms with Crippen LogP contribution in [-0.2, 0) is 12.0 Å². The molecule has 1 saturated carbocycles. The minimum atomic E-state index is -1.03. The first-order valence-corrected chi connectivity index (χ1v) is 9.38. The van der Waals surface area contributed by atoms with Gasteiger partial charge in [0.05, 0.1) is 0 Å². The number of aryl methyl sites for hydroxylation is 1. The van der Waals surface area contributed by atoms with Crippen molar-refractivity contribution in [2.75, 3.05) is 13.1 Å². The first-order chi connectivity index (χ1) is 12.3. The Hall–Kier alpha value is -2.14. The fourth-order valence-electron chi connectivity index (χ4n) is 3.37. The van der Waals surface area contributed by atoms with E-state index in [9.17, 15) is 9.90 Å². The second-order valence-electron chi connectivity index (χ2n) is 7.57. The zero-order chi connectivity index (χ0) is 18.9. The van der Waals surface area contributed by atoms with Crippen LogP contribution in [0.1, 0.15) is 72.8 Å². The highest BCUT2D eigenvalue weighted by atomic mass is 16.4. The summed E-state index contributed by atoms with van der Waals surface area (Å²) in [5.74, 6) is 1.79. The molecule has 1 aromatic heterocycles. The number of hydrogen-bond donors (Lipinski definition) is 1. The van der Waals surface area contributed by atoms with Crippen molar-refractivity contribution >= 4 is 5.91 Å². The summed E-state index contributed by atoms with van der Waals surface area (Å²) in [4.78, 5) is 19.3. The van der Waals surface area contributed by atoms with Gasteiger partial charge in [0.15, 0.2) is 5.89 Å². The third-order valence-electron chi connectivity index (χ3n) is 4.89. The van der Waals surface area contributed by atoms with Crippen LogP contribution in [-0.4, -0.2) is 34.0 Å². The van der Waals surface area contributed by atoms with Gasteiger partial charge in [-0.05, 0) is 58.1 Å². The second kappa shape index (κ2) is 7.23. The van der Waals surface area contributed by atoms with Crippen LogP contribution in [0.2, 0.25) is 0 Å². The molecule has 0 saturated heterocycles. The van der Waals surface area contributed by atoms with Crippen molar-refractivity contribution in [3.63, 3.8) is 0 Å². The Bertz CT molecular complexity index is 785. The normalized spacial score (nSPS) is 14.5. The summed E-state index contributed by atoms with van der Waals surface area (Å²) in [6, 6.07) is 7.94. The average Bonchev–Trinajstić information content (AvgIpc) is 3.37. The lowest BCUT2D eigenvalue weighted by molar-refractivity contribution is 0.0725. The molecule has 5 heteroatoms. The number of aromatic nitrogens is 1. The van der Waals surface area contributed by atoms with Crippen molar-refractivity contribution < 1.29 is 14.3 Å². The highest BCUT2D eigenvalue weighted by Crippen LogP contribution is 2.41. The molecule has 1 heterocycles. The van der Waals surface area contributed by atoms with E-state index >= 15 is 0 Å². The van der Waals surface area contributed by atoms with Crippen LogP contribution >= 0.6 is 0 Å². The molecule has 5 nitrogen and oxygen atoms in total. The molecule has 1 aromatic carbocycles. The van der Waals surface area contributed by atoms with Crippen LogP contribution in [0, 0.1) is 6.92 Å². The Balaban J connectivity index is 1.71. The Labute approximate surface area is 155 Å². The Morgan fingerprint density at radius 2 is 2.04 bits per heavy atom. The highest BCUT2D eigenvalue weighted by molar-refractivity contribution is 5.96. The van der Waals surface area contributed by atoms with Crippen LogP contribution in [0.5, 0.6) is 0 Å². The lowest BCUT2D eigenvalue weighted by atomic mass is 10.0. The van der Waals surface area contributed by atoms with Gasteiger partial charge in [0.1, 0.15) is 17.1 Å². The summed E-state index contributed by atoms with van der Waals surface area (Å²) in [5.41, 5.74) is 1.51. The molecule has 1 fully saturated rings. The van der Waals surface area contributed by atoms with Crippen LogP contribution in [0.3, 0.4) is 0 Å². The lowest BCUT2D eigenvalue weighted by Gasteiger charge is -2.21. The SMILES string of the molecule is CCN(CCc1nc(C(C)(C)O)c(C)o1)C(=O)c1ccccc1C1CC1. The molecule has 2 aromatic rings. The van der Waals surface area contributed by atoms with Crippen LogP contribution in [0.25, 0.3) is 0 Å². The van der Waals surface area contributed by atoms with Crippen molar-refractivity contribution in [3.8, 4) is 0 Å². The van der Waals surface area contributed by atoms with E-state index in [1.807, 2.05) is 30.0 Å². The topological polar surface area (TPSA) is 66.6 Å². The summed E-state index contributed by atoms with van der Waals surface area (Å²) < 4.78 is 5.68. The van der Waals surface area contributed by atoms with Crippen molar-refractivity contribution in [1.29, 1.82) is 0 Å². The quantitative estimate of drug-likeness (QED) is 0.819. The molecule has 0 bridgehead atoms. The van der Waals surface area contributed by atoms with E-state index in [0.717, 1.165) is 5.56 Å². The Kier molecular flexibility index (Phi) is 5.19. The number of carbonyl (C=O) groups is 1. The maximum atomic E-state index is 13.0. The van der Waals surface area contributed by atoms with E-state index in [0.29, 0.717) is 42.8 Å². The number of amides is 1. The third kappa shape index (κ3) is 3.98. The molecule has 0 aliphatic heterocycles. The van der Waals surface area contributed by atoms with Crippen LogP contribution < -0.4 is 0 Å². The summed E-state index contributed by atoms with van der Waals surface area (Å²) in [6.45, 7) is 8.35. The molecule has 0 atom stereocenters. The first kappa shape index (κ1) is 18.6. The number of oxazole rings is 1. The molecule has 1 amide bonds. The standard InChI is InChI=1S/C21H28N2O3/c1-5-23(13-12-18-22-19(14(2)26-18)21(3,4)25)20(24)17-9-7-6-8-16(17)15-10-11-15/h6-9,15,25H,5,10-13H2,1-4H3. The zero-order valence-electron chi connectivity index (χ0n) is 16.1. The first-order valence-electron chi connectivity index (χ1n) is 9.38. The molecule has 1 aliphatic carbocycles. The van der Waals surface area contributed by atoms with E-state index in [1.165, 1.54) is 18.4 Å². The third-order valence-corrected chi connectivity index (χ3v) is 4.89. The Morgan fingerprint density at radius 3 is 2.62 bits per heavy atom. The maximum absolute atomic E-state index is 13.0. The average molecular weight is 356 g/mol. The van der Waals surface area contributed by atoms with Gasteiger partial charge in [-0.3, -0.25) is 4.79 Å². The fraction of sp³-hybridized carbons (Fsp3) is 0.524. The maximum Gasteiger partial charge on any atom is 0.254 e. The number of carbonyl (C=O) groups excluding carboxylic acids is 1. The van der Waals surface area contributed by atoms with Gasteiger partial charge in [-0.2, -0.15) is 0 Å². The summed E-state index contributed by atoms with van der Waals surface area (Å²) in [7, 11) is 0. The molecule has 0 unspecified atom stereocenters. The molecule has 0 spiro atoms. The van der Waals surface area contributed by atoms with Crippen molar-refractivity contribution in [2.24, 2.45) is 0 Å². The highest BCUT2D eigenvalue weighted by Gasteiger charge is 2.29. The van der Waals surface area contributed by atoms with Gasteiger partial charge in [-0.25, -0.2) is 4.98 Å². The van der Waals surface area contributed by atoms with Crippen molar-refractivity contribution in [3.05, 3.63) is 52.7 Å². The summed E-state index contributed by atoms with van der Waals surface area (Å²) in [5, 5.41) is 10.1. The van der Waals surface area contributed by atoms with Gasteiger partial charge in [-0.1, -0.05) is 18.2 Å². The smallest absolute Gasteiger partial charge is 0.254 e. The van der Waals surface area contributed by atoms with Gasteiger partial charge in [0.2, 0.25) is 0 Å². The second-order valence-corrected chi connectivity index (χ2v) is 7.57. The van der Waals surface area contributed by atoms with Gasteiger partial charge >= 0.3 is 0 Å². The molecule has 3 rings (SSSR count). The van der Waals surface area contributed by atoms with E-state index in [1.54, 1.807) is 20.8 Å². The molecule has 0 radical (unpaired) electrons. The number of benzene rings is 1. The van der Waals surface area contributed by atoms with Gasteiger partial charge in [0.25, 0.3) is 5.91 Å². The van der Waals surface area contributed by atoms with Crippen LogP contribution in [0.15, 0.2) is 28.7 Å². The number of rotatable bonds is 7. The van der Waals surface area contributed by atoms with Gasteiger partial charge in [-0.15, -0.1) is 0 Å². The molecular formula is C21H28N2O3. The van der Waals surface area contributed by atoms with E-state index < -0.39 is 5.60 Å². The van der Waals surface area contributed by atoms with Gasteiger partial charge in [0, 0.05) is 25.1 Å². The minimum absolute atomic E-state index is 0.0704. The Morgan fingerprint density at radius 1 is 1.35 bits per heavy atom. The molecular weight excluding hydrogens is 328 g/mol. The molecule has 1 aliphatic rings. The van der Waals surface area contributed by atoms with E-state index in [2.05, 4.69) is 11.1 Å². The van der Waals surface area contributed by atoms with E-state index in [-0.39, 0.29) is 5.91 Å². The molecule has 140 valence electrons. The largest absolute Gasteiger partial charge is 0.446 e. The molecule has 1 N–H and O–H groups in total. The lowest BCUT2D eigenvalue weighted by Crippen LogP contribution is -2.33. The predicted molar refractivity (Wildman–Crippen MR) is 100 cm³/mol. The summed E-state index contributed by atoms with van der Waals surface area (Å²) >= 11 is 0. The number of likely N-dealkylation sites (N-methyl/N-ethyl adjacent to an activating group) is 1. The van der Waals surface area contributed by atoms with Crippen molar-refractivity contribution in [2.45, 2.75) is 58.5 Å². The summed E-state index contributed by atoms with van der Waals surface area (Å²) in [6.07, 6.45) is 2.87. The fourth-order valence-corrected chi connectivity index (χ4v) is 3.37. The molecule has 26 heavy (non-hydrogen) atoms. The zero-order valence-corrected chi connectivity index (χ0v) is 16.1. The number of nitrogens with zero attached hydrogens (tertiary/aromatic N) is 2. The van der Waals surface area contributed by atoms with Crippen LogP contribution in [0.4, 0.5) is 0 Å². The predicted octanol–water partition coefficient (Wildman–Crippen LogP) is 3.79.